The zero-order chi connectivity index (χ0) is 20.8. The van der Waals surface area contributed by atoms with Crippen LogP contribution in [0.5, 0.6) is 0 Å². The molecular weight excluding hydrogens is 374 g/mol. The lowest BCUT2D eigenvalue weighted by Crippen LogP contribution is -1.92. The van der Waals surface area contributed by atoms with Gasteiger partial charge in [-0.3, -0.25) is 0 Å². The van der Waals surface area contributed by atoms with E-state index in [1.165, 1.54) is 38.1 Å². The van der Waals surface area contributed by atoms with Gasteiger partial charge in [-0.25, -0.2) is 0 Å². The first-order valence-corrected chi connectivity index (χ1v) is 10.6. The molecule has 0 unspecified atom stereocenters. The molecule has 0 saturated heterocycles. The highest BCUT2D eigenvalue weighted by atomic mass is 14.6. The maximum absolute atomic E-state index is 6.51. The number of rotatable bonds is 2. The van der Waals surface area contributed by atoms with Crippen molar-refractivity contribution in [2.75, 3.05) is 5.73 Å². The maximum atomic E-state index is 6.51. The molecule has 146 valence electrons. The van der Waals surface area contributed by atoms with Gasteiger partial charge in [-0.15, -0.1) is 0 Å². The van der Waals surface area contributed by atoms with Gasteiger partial charge in [-0.2, -0.15) is 0 Å². The molecule has 1 heteroatoms. The van der Waals surface area contributed by atoms with Crippen molar-refractivity contribution in [2.45, 2.75) is 0 Å². The molecule has 0 atom stereocenters. The van der Waals surface area contributed by atoms with E-state index >= 15 is 0 Å². The summed E-state index contributed by atoms with van der Waals surface area (Å²) in [7, 11) is 0. The molecular formula is C30H21N. The van der Waals surface area contributed by atoms with E-state index in [-0.39, 0.29) is 0 Å². The summed E-state index contributed by atoms with van der Waals surface area (Å²) >= 11 is 0. The quantitative estimate of drug-likeness (QED) is 0.233. The molecule has 1 nitrogen and oxygen atoms in total. The van der Waals surface area contributed by atoms with Crippen LogP contribution < -0.4 is 5.73 Å². The maximum Gasteiger partial charge on any atom is 0.0473 e. The number of anilines is 1. The molecule has 0 amide bonds. The lowest BCUT2D eigenvalue weighted by atomic mass is 9.95. The second-order valence-corrected chi connectivity index (χ2v) is 8.05. The molecule has 2 N–H and O–H groups in total. The summed E-state index contributed by atoms with van der Waals surface area (Å²) in [5.41, 5.74) is 12.0. The van der Waals surface area contributed by atoms with Crippen LogP contribution >= 0.6 is 0 Å². The predicted molar refractivity (Wildman–Crippen MR) is 134 cm³/mol. The van der Waals surface area contributed by atoms with Crippen LogP contribution in [0.1, 0.15) is 0 Å². The van der Waals surface area contributed by atoms with Crippen LogP contribution in [0.25, 0.3) is 54.6 Å². The number of hydrogen-bond donors (Lipinski definition) is 1. The van der Waals surface area contributed by atoms with Crippen LogP contribution in [-0.2, 0) is 0 Å². The van der Waals surface area contributed by atoms with Gasteiger partial charge in [-0.1, -0.05) is 109 Å². The fourth-order valence-electron chi connectivity index (χ4n) is 4.58. The van der Waals surface area contributed by atoms with Crippen molar-refractivity contribution in [1.29, 1.82) is 0 Å². The number of benzene rings is 6. The van der Waals surface area contributed by atoms with Crippen molar-refractivity contribution in [1.82, 2.24) is 0 Å². The van der Waals surface area contributed by atoms with Gasteiger partial charge in [-0.05, 0) is 49.7 Å². The van der Waals surface area contributed by atoms with Crippen molar-refractivity contribution in [3.63, 3.8) is 0 Å². The molecule has 0 spiro atoms. The summed E-state index contributed by atoms with van der Waals surface area (Å²) in [6, 6.07) is 40.9. The fraction of sp³-hybridized carbons (Fsp3) is 0. The Morgan fingerprint density at radius 2 is 0.935 bits per heavy atom. The average molecular weight is 396 g/mol. The number of hydrogen-bond acceptors (Lipinski definition) is 1. The van der Waals surface area contributed by atoms with E-state index in [9.17, 15) is 0 Å². The van der Waals surface area contributed by atoms with Crippen LogP contribution in [0, 0.1) is 0 Å². The minimum Gasteiger partial charge on any atom is -0.398 e. The lowest BCUT2D eigenvalue weighted by molar-refractivity contribution is 1.61. The SMILES string of the molecule is Nc1c(-c2ccc(-c3ccc4c(ccc5ccccc54)c3)cc2)ccc2ccccc12. The minimum atomic E-state index is 0.837. The normalized spacial score (nSPS) is 11.4. The smallest absolute Gasteiger partial charge is 0.0473 e. The summed E-state index contributed by atoms with van der Waals surface area (Å²) in [5.74, 6) is 0. The average Bonchev–Trinajstić information content (AvgIpc) is 2.84. The molecule has 0 fully saturated rings. The monoisotopic (exact) mass is 395 g/mol. The van der Waals surface area contributed by atoms with Crippen molar-refractivity contribution < 1.29 is 0 Å². The van der Waals surface area contributed by atoms with Crippen molar-refractivity contribution >= 4 is 38.0 Å². The highest BCUT2D eigenvalue weighted by Crippen LogP contribution is 2.34. The highest BCUT2D eigenvalue weighted by molar-refractivity contribution is 6.08. The number of nitrogens with two attached hydrogens (primary N) is 1. The largest absolute Gasteiger partial charge is 0.398 e. The van der Waals surface area contributed by atoms with Gasteiger partial charge in [0.25, 0.3) is 0 Å². The molecule has 0 aromatic heterocycles. The van der Waals surface area contributed by atoms with E-state index in [2.05, 4.69) is 103 Å². The standard InChI is InChI=1S/C30H21N/c31-30-28-8-4-2-6-22(28)15-18-29(30)23-11-9-20(10-12-23)24-16-17-27-25(19-24)14-13-21-5-1-3-7-26(21)27/h1-19H,31H2. The van der Waals surface area contributed by atoms with Gasteiger partial charge in [0.05, 0.1) is 0 Å². The Morgan fingerprint density at radius 1 is 0.387 bits per heavy atom. The summed E-state index contributed by atoms with van der Waals surface area (Å²) < 4.78 is 0. The van der Waals surface area contributed by atoms with E-state index in [0.29, 0.717) is 0 Å². The number of nitrogen functional groups attached to an aromatic ring is 1. The fourth-order valence-corrected chi connectivity index (χ4v) is 4.58. The summed E-state index contributed by atoms with van der Waals surface area (Å²) in [6.45, 7) is 0. The molecule has 6 rings (SSSR count). The van der Waals surface area contributed by atoms with E-state index in [0.717, 1.165) is 22.2 Å². The van der Waals surface area contributed by atoms with Crippen LogP contribution in [0.15, 0.2) is 115 Å². The molecule has 0 aliphatic heterocycles. The van der Waals surface area contributed by atoms with Gasteiger partial charge in [0.15, 0.2) is 0 Å². The topological polar surface area (TPSA) is 26.0 Å². The molecule has 0 saturated carbocycles. The van der Waals surface area contributed by atoms with Gasteiger partial charge >= 0.3 is 0 Å². The second-order valence-electron chi connectivity index (χ2n) is 8.05. The molecule has 6 aromatic carbocycles. The van der Waals surface area contributed by atoms with Crippen LogP contribution in [0.4, 0.5) is 5.69 Å². The van der Waals surface area contributed by atoms with E-state index in [1.807, 2.05) is 12.1 Å². The Labute approximate surface area is 181 Å². The van der Waals surface area contributed by atoms with Crippen molar-refractivity contribution in [3.05, 3.63) is 115 Å². The van der Waals surface area contributed by atoms with Gasteiger partial charge in [0.2, 0.25) is 0 Å². The van der Waals surface area contributed by atoms with Crippen LogP contribution in [0.3, 0.4) is 0 Å². The first kappa shape index (κ1) is 17.7. The third kappa shape index (κ3) is 2.94. The molecule has 0 aliphatic carbocycles. The van der Waals surface area contributed by atoms with E-state index in [4.69, 9.17) is 5.73 Å². The summed E-state index contributed by atoms with van der Waals surface area (Å²) in [5, 5.41) is 7.41. The van der Waals surface area contributed by atoms with Crippen LogP contribution in [-0.4, -0.2) is 0 Å². The summed E-state index contributed by atoms with van der Waals surface area (Å²) in [6.07, 6.45) is 0. The summed E-state index contributed by atoms with van der Waals surface area (Å²) in [4.78, 5) is 0. The molecule has 0 aliphatic rings. The Kier molecular flexibility index (Phi) is 4.00. The lowest BCUT2D eigenvalue weighted by Gasteiger charge is -2.11. The molecule has 0 radical (unpaired) electrons. The van der Waals surface area contributed by atoms with Crippen molar-refractivity contribution in [3.8, 4) is 22.3 Å². The number of fused-ring (bicyclic) bond motifs is 4. The molecule has 31 heavy (non-hydrogen) atoms. The molecule has 6 aromatic rings. The zero-order valence-electron chi connectivity index (χ0n) is 17.0. The first-order chi connectivity index (χ1) is 15.3. The van der Waals surface area contributed by atoms with Crippen molar-refractivity contribution in [2.24, 2.45) is 0 Å². The second kappa shape index (κ2) is 7.00. The van der Waals surface area contributed by atoms with Crippen LogP contribution in [0.2, 0.25) is 0 Å². The van der Waals surface area contributed by atoms with Gasteiger partial charge in [0, 0.05) is 16.6 Å². The predicted octanol–water partition coefficient (Wildman–Crippen LogP) is 8.06. The Hall–Kier alpha value is -4.10. The molecule has 0 heterocycles. The first-order valence-electron chi connectivity index (χ1n) is 10.6. The van der Waals surface area contributed by atoms with Gasteiger partial charge in [0.1, 0.15) is 0 Å². The van der Waals surface area contributed by atoms with E-state index in [1.54, 1.807) is 0 Å². The zero-order valence-corrected chi connectivity index (χ0v) is 17.0. The molecule has 0 bridgehead atoms. The highest BCUT2D eigenvalue weighted by Gasteiger charge is 2.08. The Morgan fingerprint density at radius 3 is 1.74 bits per heavy atom. The Balaban J connectivity index is 1.41. The third-order valence-electron chi connectivity index (χ3n) is 6.24. The minimum absolute atomic E-state index is 0.837. The Bertz CT molecular complexity index is 1580. The third-order valence-corrected chi connectivity index (χ3v) is 6.24. The van der Waals surface area contributed by atoms with Gasteiger partial charge < -0.3 is 5.73 Å². The van der Waals surface area contributed by atoms with E-state index < -0.39 is 0 Å².